The summed E-state index contributed by atoms with van der Waals surface area (Å²) >= 11 is 0. The monoisotopic (exact) mass is 416 g/mol. The highest BCUT2D eigenvalue weighted by Gasteiger charge is 2.34. The van der Waals surface area contributed by atoms with E-state index in [0.717, 1.165) is 6.42 Å². The van der Waals surface area contributed by atoms with E-state index in [1.807, 2.05) is 0 Å². The zero-order valence-electron chi connectivity index (χ0n) is 17.0. The minimum atomic E-state index is -1.51. The number of aliphatic hydroxyl groups excluding tert-OH is 2. The van der Waals surface area contributed by atoms with Crippen LogP contribution in [0.4, 0.5) is 0 Å². The highest BCUT2D eigenvalue weighted by atomic mass is 16.4. The molecule has 1 rings (SSSR count). The van der Waals surface area contributed by atoms with Gasteiger partial charge in [-0.3, -0.25) is 14.4 Å². The first kappa shape index (κ1) is 24.8. The van der Waals surface area contributed by atoms with E-state index in [4.69, 9.17) is 10.2 Å². The molecule has 3 amide bonds. The molecule has 0 aromatic heterocycles. The number of aliphatic hydroxyl groups is 2. The van der Waals surface area contributed by atoms with Crippen LogP contribution in [-0.4, -0.2) is 82.4 Å². The van der Waals surface area contributed by atoms with Gasteiger partial charge in [0.1, 0.15) is 18.1 Å². The molecule has 6 atom stereocenters. The maximum Gasteiger partial charge on any atom is 0.328 e. The molecule has 1 fully saturated rings. The zero-order valence-corrected chi connectivity index (χ0v) is 17.0. The molecular formula is C18H32N4O7. The quantitative estimate of drug-likeness (QED) is 0.196. The van der Waals surface area contributed by atoms with Gasteiger partial charge in [-0.15, -0.1) is 0 Å². The number of carboxylic acid groups (broad SMARTS) is 1. The van der Waals surface area contributed by atoms with Gasteiger partial charge >= 0.3 is 5.97 Å². The lowest BCUT2D eigenvalue weighted by Crippen LogP contribution is -2.61. The number of carbonyl (C=O) groups is 4. The molecule has 11 heteroatoms. The van der Waals surface area contributed by atoms with Gasteiger partial charge in [0, 0.05) is 0 Å². The van der Waals surface area contributed by atoms with E-state index in [2.05, 4.69) is 21.3 Å². The van der Waals surface area contributed by atoms with Crippen molar-refractivity contribution in [3.63, 3.8) is 0 Å². The Balaban J connectivity index is 2.88. The van der Waals surface area contributed by atoms with E-state index in [1.54, 1.807) is 13.8 Å². The summed E-state index contributed by atoms with van der Waals surface area (Å²) < 4.78 is 0. The summed E-state index contributed by atoms with van der Waals surface area (Å²) in [5.74, 6) is -3.73. The van der Waals surface area contributed by atoms with E-state index in [1.165, 1.54) is 6.92 Å². The van der Waals surface area contributed by atoms with Gasteiger partial charge in [0.15, 0.2) is 0 Å². The van der Waals surface area contributed by atoms with Crippen molar-refractivity contribution in [3.05, 3.63) is 0 Å². The van der Waals surface area contributed by atoms with Gasteiger partial charge in [-0.2, -0.15) is 0 Å². The minimum Gasteiger partial charge on any atom is -0.480 e. The second-order valence-corrected chi connectivity index (χ2v) is 7.33. The Morgan fingerprint density at radius 3 is 2.14 bits per heavy atom. The Labute approximate surface area is 169 Å². The molecule has 1 saturated heterocycles. The third-order valence-electron chi connectivity index (χ3n) is 5.03. The predicted octanol–water partition coefficient (Wildman–Crippen LogP) is -2.30. The summed E-state index contributed by atoms with van der Waals surface area (Å²) in [6, 6.07) is -4.34. The topological polar surface area (TPSA) is 177 Å². The normalized spacial score (nSPS) is 21.3. The van der Waals surface area contributed by atoms with Gasteiger partial charge in [0.05, 0.1) is 18.8 Å². The number of nitrogens with one attached hydrogen (secondary N) is 4. The fourth-order valence-electron chi connectivity index (χ4n) is 2.96. The standard InChI is InChI=1S/C18H32N4O7/c1-4-9(2)13(16(26)20-12(8-23)18(28)29)21-17(27)14(10(3)24)22-15(25)11-6-5-7-19-11/h9-14,19,23-24H,4-8H2,1-3H3,(H,20,26)(H,21,27)(H,22,25)(H,28,29). The number of aliphatic carboxylic acids is 1. The molecule has 11 nitrogen and oxygen atoms in total. The lowest BCUT2D eigenvalue weighted by Gasteiger charge is -2.28. The van der Waals surface area contributed by atoms with Gasteiger partial charge < -0.3 is 36.6 Å². The molecule has 1 aliphatic heterocycles. The molecule has 0 saturated carbocycles. The smallest absolute Gasteiger partial charge is 0.328 e. The molecule has 0 bridgehead atoms. The van der Waals surface area contributed by atoms with Crippen LogP contribution in [0.2, 0.25) is 0 Å². The highest BCUT2D eigenvalue weighted by Crippen LogP contribution is 2.10. The first-order valence-electron chi connectivity index (χ1n) is 9.78. The van der Waals surface area contributed by atoms with Crippen LogP contribution in [0.5, 0.6) is 0 Å². The first-order valence-corrected chi connectivity index (χ1v) is 9.78. The number of hydrogen-bond donors (Lipinski definition) is 7. The molecule has 0 spiro atoms. The van der Waals surface area contributed by atoms with E-state index < -0.39 is 60.6 Å². The maximum absolute atomic E-state index is 12.7. The summed E-state index contributed by atoms with van der Waals surface area (Å²) in [5, 5.41) is 38.2. The van der Waals surface area contributed by atoms with Crippen molar-refractivity contribution in [2.75, 3.05) is 13.2 Å². The van der Waals surface area contributed by atoms with Crippen molar-refractivity contribution in [1.82, 2.24) is 21.3 Å². The maximum atomic E-state index is 12.7. The fourth-order valence-corrected chi connectivity index (χ4v) is 2.96. The summed E-state index contributed by atoms with van der Waals surface area (Å²) in [6.45, 7) is 4.71. The van der Waals surface area contributed by atoms with E-state index in [-0.39, 0.29) is 5.92 Å². The van der Waals surface area contributed by atoms with Crippen LogP contribution in [0.1, 0.15) is 40.0 Å². The number of carbonyl (C=O) groups excluding carboxylic acids is 3. The van der Waals surface area contributed by atoms with E-state index >= 15 is 0 Å². The van der Waals surface area contributed by atoms with Crippen LogP contribution < -0.4 is 21.3 Å². The Morgan fingerprint density at radius 2 is 1.69 bits per heavy atom. The summed E-state index contributed by atoms with van der Waals surface area (Å²) in [5.41, 5.74) is 0. The fraction of sp³-hybridized carbons (Fsp3) is 0.778. The van der Waals surface area contributed by atoms with Gasteiger partial charge in [0.2, 0.25) is 17.7 Å². The second-order valence-electron chi connectivity index (χ2n) is 7.33. The largest absolute Gasteiger partial charge is 0.480 e. The summed E-state index contributed by atoms with van der Waals surface area (Å²) in [6.07, 6.45) is 0.725. The molecular weight excluding hydrogens is 384 g/mol. The Bertz CT molecular complexity index is 593. The van der Waals surface area contributed by atoms with Crippen molar-refractivity contribution in [2.24, 2.45) is 5.92 Å². The lowest BCUT2D eigenvalue weighted by molar-refractivity contribution is -0.143. The molecule has 6 unspecified atom stereocenters. The SMILES string of the molecule is CCC(C)C(NC(=O)C(NC(=O)C1CCCN1)C(C)O)C(=O)NC(CO)C(=O)O. The number of hydrogen-bond acceptors (Lipinski definition) is 7. The number of rotatable bonds is 11. The molecule has 1 aliphatic rings. The van der Waals surface area contributed by atoms with Crippen LogP contribution >= 0.6 is 0 Å². The molecule has 0 aliphatic carbocycles. The zero-order chi connectivity index (χ0) is 22.1. The first-order chi connectivity index (χ1) is 13.6. The molecule has 29 heavy (non-hydrogen) atoms. The van der Waals surface area contributed by atoms with Crippen molar-refractivity contribution < 1.29 is 34.5 Å². The van der Waals surface area contributed by atoms with Crippen LogP contribution in [0, 0.1) is 5.92 Å². The van der Waals surface area contributed by atoms with E-state index in [0.29, 0.717) is 19.4 Å². The molecule has 166 valence electrons. The minimum absolute atomic E-state index is 0.367. The predicted molar refractivity (Wildman–Crippen MR) is 103 cm³/mol. The van der Waals surface area contributed by atoms with Gasteiger partial charge in [0.25, 0.3) is 0 Å². The van der Waals surface area contributed by atoms with Crippen molar-refractivity contribution >= 4 is 23.7 Å². The van der Waals surface area contributed by atoms with Crippen molar-refractivity contribution in [2.45, 2.75) is 70.3 Å². The van der Waals surface area contributed by atoms with Gasteiger partial charge in [-0.05, 0) is 32.2 Å². The average Bonchev–Trinajstić information content (AvgIpc) is 3.21. The Kier molecular flexibility index (Phi) is 9.99. The third-order valence-corrected chi connectivity index (χ3v) is 5.03. The van der Waals surface area contributed by atoms with E-state index in [9.17, 15) is 24.3 Å². The molecule has 0 aromatic carbocycles. The van der Waals surface area contributed by atoms with Crippen molar-refractivity contribution in [3.8, 4) is 0 Å². The number of carboxylic acids is 1. The third kappa shape index (κ3) is 7.26. The average molecular weight is 416 g/mol. The lowest BCUT2D eigenvalue weighted by atomic mass is 9.97. The molecule has 0 aromatic rings. The second kappa shape index (κ2) is 11.7. The van der Waals surface area contributed by atoms with Crippen LogP contribution in [0.15, 0.2) is 0 Å². The van der Waals surface area contributed by atoms with Gasteiger partial charge in [-0.1, -0.05) is 20.3 Å². The van der Waals surface area contributed by atoms with Crippen LogP contribution in [0.25, 0.3) is 0 Å². The molecule has 1 heterocycles. The highest BCUT2D eigenvalue weighted by molar-refractivity contribution is 5.94. The van der Waals surface area contributed by atoms with Crippen LogP contribution in [0.3, 0.4) is 0 Å². The molecule has 7 N–H and O–H groups in total. The van der Waals surface area contributed by atoms with Crippen molar-refractivity contribution in [1.29, 1.82) is 0 Å². The van der Waals surface area contributed by atoms with Gasteiger partial charge in [-0.25, -0.2) is 4.79 Å². The Morgan fingerprint density at radius 1 is 1.07 bits per heavy atom. The summed E-state index contributed by atoms with van der Waals surface area (Å²) in [7, 11) is 0. The molecule has 0 radical (unpaired) electrons. The summed E-state index contributed by atoms with van der Waals surface area (Å²) in [4.78, 5) is 48.6. The Hall–Kier alpha value is -2.24. The van der Waals surface area contributed by atoms with Crippen LogP contribution in [-0.2, 0) is 19.2 Å². The number of amides is 3.